The van der Waals surface area contributed by atoms with Crippen molar-refractivity contribution in [3.05, 3.63) is 29.3 Å². The van der Waals surface area contributed by atoms with Gasteiger partial charge in [0.25, 0.3) is 5.91 Å². The molecule has 0 aromatic heterocycles. The van der Waals surface area contributed by atoms with Crippen LogP contribution >= 0.6 is 0 Å². The van der Waals surface area contributed by atoms with E-state index in [1.807, 2.05) is 12.1 Å². The molecule has 1 fully saturated rings. The molecule has 2 aliphatic rings. The molecule has 0 spiro atoms. The van der Waals surface area contributed by atoms with E-state index in [0.29, 0.717) is 24.3 Å². The molecule has 3 N–H and O–H groups in total. The summed E-state index contributed by atoms with van der Waals surface area (Å²) >= 11 is 0. The third-order valence-corrected chi connectivity index (χ3v) is 4.26. The number of carbonyl (C=O) groups excluding carboxylic acids is 2. The summed E-state index contributed by atoms with van der Waals surface area (Å²) in [6, 6.07) is 5.49. The molecule has 5 heteroatoms. The molecule has 21 heavy (non-hydrogen) atoms. The molecule has 112 valence electrons. The molecular formula is C16H21N3O2. The van der Waals surface area contributed by atoms with Gasteiger partial charge in [-0.3, -0.25) is 9.59 Å². The van der Waals surface area contributed by atoms with Gasteiger partial charge in [0.2, 0.25) is 5.91 Å². The van der Waals surface area contributed by atoms with Gasteiger partial charge >= 0.3 is 0 Å². The molecule has 1 unspecified atom stereocenters. The lowest BCUT2D eigenvalue weighted by molar-refractivity contribution is -0.116. The Kier molecular flexibility index (Phi) is 4.20. The smallest absolute Gasteiger partial charge is 0.251 e. The summed E-state index contributed by atoms with van der Waals surface area (Å²) in [5.41, 5.74) is 2.55. The fourth-order valence-corrected chi connectivity index (χ4v) is 2.98. The number of aryl methyl sites for hydroxylation is 1. The van der Waals surface area contributed by atoms with Crippen LogP contribution in [0.2, 0.25) is 0 Å². The molecule has 1 aromatic rings. The Balaban J connectivity index is 1.56. The Bertz CT molecular complexity index is 550. The monoisotopic (exact) mass is 287 g/mol. The van der Waals surface area contributed by atoms with Gasteiger partial charge in [-0.2, -0.15) is 0 Å². The van der Waals surface area contributed by atoms with Crippen molar-refractivity contribution in [1.82, 2.24) is 10.6 Å². The molecule has 0 radical (unpaired) electrons. The quantitative estimate of drug-likeness (QED) is 0.782. The third-order valence-electron chi connectivity index (χ3n) is 4.26. The number of amides is 2. The summed E-state index contributed by atoms with van der Waals surface area (Å²) in [4.78, 5) is 23.5. The van der Waals surface area contributed by atoms with Crippen molar-refractivity contribution < 1.29 is 9.59 Å². The predicted molar refractivity (Wildman–Crippen MR) is 81.3 cm³/mol. The van der Waals surface area contributed by atoms with Gasteiger partial charge in [-0.15, -0.1) is 0 Å². The average molecular weight is 287 g/mol. The van der Waals surface area contributed by atoms with Crippen molar-refractivity contribution in [3.8, 4) is 0 Å². The highest BCUT2D eigenvalue weighted by atomic mass is 16.2. The Morgan fingerprint density at radius 2 is 2.24 bits per heavy atom. The Hall–Kier alpha value is -1.88. The molecule has 2 heterocycles. The number of hydrogen-bond acceptors (Lipinski definition) is 3. The van der Waals surface area contributed by atoms with Crippen LogP contribution in [-0.2, 0) is 11.2 Å². The van der Waals surface area contributed by atoms with E-state index in [-0.39, 0.29) is 11.8 Å². The summed E-state index contributed by atoms with van der Waals surface area (Å²) in [5.74, 6) is 0.703. The van der Waals surface area contributed by atoms with E-state index >= 15 is 0 Å². The lowest BCUT2D eigenvalue weighted by Gasteiger charge is -2.17. The second-order valence-corrected chi connectivity index (χ2v) is 5.82. The lowest BCUT2D eigenvalue weighted by Crippen LogP contribution is -2.27. The molecule has 0 bridgehead atoms. The first-order valence-electron chi connectivity index (χ1n) is 7.64. The van der Waals surface area contributed by atoms with E-state index in [9.17, 15) is 9.59 Å². The number of benzene rings is 1. The van der Waals surface area contributed by atoms with E-state index in [2.05, 4.69) is 16.0 Å². The van der Waals surface area contributed by atoms with Gasteiger partial charge in [-0.05, 0) is 62.0 Å². The number of fused-ring (bicyclic) bond motifs is 1. The summed E-state index contributed by atoms with van der Waals surface area (Å²) in [7, 11) is 0. The molecular weight excluding hydrogens is 266 g/mol. The summed E-state index contributed by atoms with van der Waals surface area (Å²) in [5, 5.41) is 9.15. The number of rotatable bonds is 4. The van der Waals surface area contributed by atoms with Gasteiger partial charge in [-0.1, -0.05) is 0 Å². The fraction of sp³-hybridized carbons (Fsp3) is 0.500. The van der Waals surface area contributed by atoms with Crippen LogP contribution < -0.4 is 16.0 Å². The molecule has 1 atom stereocenters. The van der Waals surface area contributed by atoms with Gasteiger partial charge in [0, 0.05) is 24.2 Å². The van der Waals surface area contributed by atoms with E-state index in [4.69, 9.17) is 0 Å². The first-order valence-corrected chi connectivity index (χ1v) is 7.64. The van der Waals surface area contributed by atoms with Gasteiger partial charge in [0.05, 0.1) is 0 Å². The minimum absolute atomic E-state index is 0.0272. The van der Waals surface area contributed by atoms with Crippen LogP contribution in [0, 0.1) is 5.92 Å². The van der Waals surface area contributed by atoms with Gasteiger partial charge in [-0.25, -0.2) is 0 Å². The molecule has 3 rings (SSSR count). The Morgan fingerprint density at radius 3 is 3.05 bits per heavy atom. The van der Waals surface area contributed by atoms with Crippen molar-refractivity contribution in [2.75, 3.05) is 25.0 Å². The van der Waals surface area contributed by atoms with E-state index in [1.54, 1.807) is 6.07 Å². The minimum Gasteiger partial charge on any atom is -0.352 e. The van der Waals surface area contributed by atoms with Crippen molar-refractivity contribution in [2.24, 2.45) is 5.92 Å². The van der Waals surface area contributed by atoms with Crippen LogP contribution in [0.25, 0.3) is 0 Å². The zero-order valence-electron chi connectivity index (χ0n) is 12.1. The standard InChI is InChI=1S/C16H21N3O2/c20-15-4-2-12-9-13(1-3-14(12)19-15)16(21)18-8-6-11-5-7-17-10-11/h1,3,9,11,17H,2,4-8,10H2,(H,18,21)(H,19,20). The maximum atomic E-state index is 12.2. The molecule has 5 nitrogen and oxygen atoms in total. The lowest BCUT2D eigenvalue weighted by atomic mass is 10.00. The molecule has 1 aromatic carbocycles. The van der Waals surface area contributed by atoms with Crippen molar-refractivity contribution in [1.29, 1.82) is 0 Å². The van der Waals surface area contributed by atoms with Crippen LogP contribution in [0.4, 0.5) is 5.69 Å². The predicted octanol–water partition coefficient (Wildman–Crippen LogP) is 1.30. The zero-order chi connectivity index (χ0) is 14.7. The average Bonchev–Trinajstić information content (AvgIpc) is 3.00. The van der Waals surface area contributed by atoms with Gasteiger partial charge in [0.15, 0.2) is 0 Å². The maximum Gasteiger partial charge on any atom is 0.251 e. The number of hydrogen-bond donors (Lipinski definition) is 3. The largest absolute Gasteiger partial charge is 0.352 e. The summed E-state index contributed by atoms with van der Waals surface area (Å²) in [6.07, 6.45) is 3.43. The Morgan fingerprint density at radius 1 is 1.33 bits per heavy atom. The molecule has 0 saturated carbocycles. The van der Waals surface area contributed by atoms with E-state index in [0.717, 1.165) is 37.3 Å². The second kappa shape index (κ2) is 6.26. The molecule has 0 aliphatic carbocycles. The van der Waals surface area contributed by atoms with E-state index < -0.39 is 0 Å². The van der Waals surface area contributed by atoms with Crippen LogP contribution in [0.3, 0.4) is 0 Å². The third kappa shape index (κ3) is 3.42. The van der Waals surface area contributed by atoms with Crippen molar-refractivity contribution in [2.45, 2.75) is 25.7 Å². The van der Waals surface area contributed by atoms with Crippen molar-refractivity contribution >= 4 is 17.5 Å². The highest BCUT2D eigenvalue weighted by Crippen LogP contribution is 2.23. The molecule has 2 aliphatic heterocycles. The first-order chi connectivity index (χ1) is 10.2. The highest BCUT2D eigenvalue weighted by molar-refractivity contribution is 5.97. The maximum absolute atomic E-state index is 12.2. The van der Waals surface area contributed by atoms with Crippen LogP contribution in [0.5, 0.6) is 0 Å². The summed E-state index contributed by atoms with van der Waals surface area (Å²) < 4.78 is 0. The van der Waals surface area contributed by atoms with Crippen LogP contribution in [-0.4, -0.2) is 31.4 Å². The number of carbonyl (C=O) groups is 2. The normalized spacial score (nSPS) is 20.8. The number of anilines is 1. The molecule has 1 saturated heterocycles. The summed E-state index contributed by atoms with van der Waals surface area (Å²) in [6.45, 7) is 2.88. The zero-order valence-corrected chi connectivity index (χ0v) is 12.1. The van der Waals surface area contributed by atoms with Crippen LogP contribution in [0.1, 0.15) is 35.2 Å². The second-order valence-electron chi connectivity index (χ2n) is 5.82. The first kappa shape index (κ1) is 14.1. The van der Waals surface area contributed by atoms with Gasteiger partial charge < -0.3 is 16.0 Å². The fourth-order valence-electron chi connectivity index (χ4n) is 2.98. The van der Waals surface area contributed by atoms with Crippen LogP contribution in [0.15, 0.2) is 18.2 Å². The molecule has 2 amide bonds. The topological polar surface area (TPSA) is 70.2 Å². The Labute approximate surface area is 124 Å². The van der Waals surface area contributed by atoms with Crippen molar-refractivity contribution in [3.63, 3.8) is 0 Å². The van der Waals surface area contributed by atoms with Gasteiger partial charge in [0.1, 0.15) is 0 Å². The van der Waals surface area contributed by atoms with E-state index in [1.165, 1.54) is 6.42 Å². The number of nitrogens with one attached hydrogen (secondary N) is 3. The minimum atomic E-state index is -0.0272. The highest BCUT2D eigenvalue weighted by Gasteiger charge is 2.17. The SMILES string of the molecule is O=C1CCc2cc(C(=O)NCCC3CCNC3)ccc2N1.